The molecule has 28 heavy (non-hydrogen) atoms. The third-order valence-electron chi connectivity index (χ3n) is 6.24. The molecule has 0 bridgehead atoms. The van der Waals surface area contributed by atoms with Crippen molar-refractivity contribution in [1.82, 2.24) is 10.2 Å². The van der Waals surface area contributed by atoms with Crippen LogP contribution in [0.15, 0.2) is 24.3 Å². The van der Waals surface area contributed by atoms with Gasteiger partial charge in [0.25, 0.3) is 0 Å². The van der Waals surface area contributed by atoms with Crippen LogP contribution in [0.25, 0.3) is 0 Å². The summed E-state index contributed by atoms with van der Waals surface area (Å²) in [6.07, 6.45) is 4.54. The van der Waals surface area contributed by atoms with Gasteiger partial charge in [-0.2, -0.15) is 0 Å². The normalized spacial score (nSPS) is 24.2. The second-order valence-electron chi connectivity index (χ2n) is 8.91. The lowest BCUT2D eigenvalue weighted by Gasteiger charge is -2.39. The second-order valence-corrected chi connectivity index (χ2v) is 9.32. The van der Waals surface area contributed by atoms with Crippen molar-refractivity contribution in [2.45, 2.75) is 45.1 Å². The highest BCUT2D eigenvalue weighted by Crippen LogP contribution is 2.37. The molecule has 4 nitrogen and oxygen atoms in total. The van der Waals surface area contributed by atoms with Gasteiger partial charge in [0.1, 0.15) is 0 Å². The quantitative estimate of drug-likeness (QED) is 0.626. The van der Waals surface area contributed by atoms with E-state index in [1.807, 2.05) is 12.1 Å². The Morgan fingerprint density at radius 1 is 1.18 bits per heavy atom. The van der Waals surface area contributed by atoms with E-state index in [2.05, 4.69) is 36.2 Å². The van der Waals surface area contributed by atoms with Gasteiger partial charge >= 0.3 is 0 Å². The van der Waals surface area contributed by atoms with Gasteiger partial charge in [-0.05, 0) is 69.5 Å². The molecule has 0 spiro atoms. The molecule has 158 valence electrons. The number of nitrogens with zero attached hydrogens (tertiary/aromatic N) is 1. The Kier molecular flexibility index (Phi) is 8.61. The van der Waals surface area contributed by atoms with E-state index in [1.54, 1.807) is 0 Å². The van der Waals surface area contributed by atoms with Crippen molar-refractivity contribution in [3.05, 3.63) is 34.9 Å². The molecule has 2 aliphatic heterocycles. The summed E-state index contributed by atoms with van der Waals surface area (Å²) in [7, 11) is 0. The fourth-order valence-electron chi connectivity index (χ4n) is 4.61. The molecule has 2 heterocycles. The van der Waals surface area contributed by atoms with Crippen LogP contribution in [-0.2, 0) is 15.9 Å². The van der Waals surface area contributed by atoms with Crippen molar-refractivity contribution in [2.75, 3.05) is 52.5 Å². The van der Waals surface area contributed by atoms with E-state index in [0.29, 0.717) is 11.8 Å². The van der Waals surface area contributed by atoms with Crippen LogP contribution in [0.1, 0.15) is 38.7 Å². The maximum atomic E-state index is 6.48. The maximum absolute atomic E-state index is 6.48. The van der Waals surface area contributed by atoms with Gasteiger partial charge in [0.15, 0.2) is 0 Å². The number of ether oxygens (including phenoxy) is 2. The fourth-order valence-corrected chi connectivity index (χ4v) is 4.82. The molecule has 1 aromatic carbocycles. The summed E-state index contributed by atoms with van der Waals surface area (Å²) in [5, 5.41) is 4.58. The van der Waals surface area contributed by atoms with Crippen molar-refractivity contribution in [1.29, 1.82) is 0 Å². The Hall–Kier alpha value is -0.650. The smallest absolute Gasteiger partial charge is 0.0629 e. The molecule has 1 N–H and O–H groups in total. The topological polar surface area (TPSA) is 33.7 Å². The van der Waals surface area contributed by atoms with E-state index in [9.17, 15) is 0 Å². The Balaban J connectivity index is 1.51. The van der Waals surface area contributed by atoms with Crippen molar-refractivity contribution in [2.24, 2.45) is 11.8 Å². The minimum absolute atomic E-state index is 0.00852. The van der Waals surface area contributed by atoms with E-state index >= 15 is 0 Å². The van der Waals surface area contributed by atoms with Crippen LogP contribution in [0.3, 0.4) is 0 Å². The van der Waals surface area contributed by atoms with E-state index < -0.39 is 0 Å². The summed E-state index contributed by atoms with van der Waals surface area (Å²) in [4.78, 5) is 2.48. The highest BCUT2D eigenvalue weighted by Gasteiger charge is 2.33. The van der Waals surface area contributed by atoms with Crippen molar-refractivity contribution < 1.29 is 9.47 Å². The zero-order valence-electron chi connectivity index (χ0n) is 17.6. The minimum Gasteiger partial charge on any atom is -0.379 e. The summed E-state index contributed by atoms with van der Waals surface area (Å²) in [5.74, 6) is 1.33. The van der Waals surface area contributed by atoms with E-state index in [4.69, 9.17) is 21.1 Å². The molecule has 2 aliphatic rings. The van der Waals surface area contributed by atoms with E-state index in [0.717, 1.165) is 76.8 Å². The average Bonchev–Trinajstić information content (AvgIpc) is 2.68. The van der Waals surface area contributed by atoms with Gasteiger partial charge in [0, 0.05) is 37.8 Å². The van der Waals surface area contributed by atoms with Crippen LogP contribution >= 0.6 is 11.6 Å². The lowest BCUT2D eigenvalue weighted by Crippen LogP contribution is -2.41. The van der Waals surface area contributed by atoms with Crippen LogP contribution in [0.5, 0.6) is 0 Å². The van der Waals surface area contributed by atoms with Gasteiger partial charge < -0.3 is 14.8 Å². The summed E-state index contributed by atoms with van der Waals surface area (Å²) < 4.78 is 11.4. The van der Waals surface area contributed by atoms with Crippen molar-refractivity contribution >= 4 is 11.6 Å². The molecule has 0 aromatic heterocycles. The van der Waals surface area contributed by atoms with Gasteiger partial charge in [-0.3, -0.25) is 4.90 Å². The largest absolute Gasteiger partial charge is 0.379 e. The molecule has 2 fully saturated rings. The van der Waals surface area contributed by atoms with Crippen molar-refractivity contribution in [3.8, 4) is 0 Å². The predicted molar refractivity (Wildman–Crippen MR) is 116 cm³/mol. The molecule has 0 aliphatic carbocycles. The Labute approximate surface area is 175 Å². The third-order valence-corrected chi connectivity index (χ3v) is 6.61. The van der Waals surface area contributed by atoms with Crippen LogP contribution in [0.2, 0.25) is 5.02 Å². The van der Waals surface area contributed by atoms with Gasteiger partial charge in [-0.1, -0.05) is 29.8 Å². The SMILES string of the molecule is CC1(C)C[C@@H]([C@H](CCNCCN2CCOCC2)Cc2ccccc2Cl)CCO1. The molecule has 3 rings (SSSR count). The first kappa shape index (κ1) is 22.0. The van der Waals surface area contributed by atoms with Gasteiger partial charge in [-0.15, -0.1) is 0 Å². The predicted octanol–water partition coefficient (Wildman–Crippen LogP) is 4.02. The molecule has 5 heteroatoms. The lowest BCUT2D eigenvalue weighted by atomic mass is 9.75. The summed E-state index contributed by atoms with van der Waals surface area (Å²) in [5.41, 5.74) is 1.28. The number of morpholine rings is 1. The van der Waals surface area contributed by atoms with Crippen LogP contribution < -0.4 is 5.32 Å². The first-order chi connectivity index (χ1) is 13.5. The maximum Gasteiger partial charge on any atom is 0.0629 e. The summed E-state index contributed by atoms with van der Waals surface area (Å²) in [6, 6.07) is 8.33. The highest BCUT2D eigenvalue weighted by atomic mass is 35.5. The van der Waals surface area contributed by atoms with E-state index in [1.165, 1.54) is 12.0 Å². The molecule has 2 atom stereocenters. The second kappa shape index (κ2) is 10.9. The Bertz CT molecular complexity index is 590. The molecule has 0 unspecified atom stereocenters. The Morgan fingerprint density at radius 3 is 2.71 bits per heavy atom. The van der Waals surface area contributed by atoms with E-state index in [-0.39, 0.29) is 5.60 Å². The van der Waals surface area contributed by atoms with Crippen LogP contribution in [0.4, 0.5) is 0 Å². The summed E-state index contributed by atoms with van der Waals surface area (Å²) in [6.45, 7) is 12.4. The molecule has 0 radical (unpaired) electrons. The molecule has 1 aromatic rings. The number of nitrogens with one attached hydrogen (secondary N) is 1. The number of benzene rings is 1. The summed E-state index contributed by atoms with van der Waals surface area (Å²) >= 11 is 6.48. The third kappa shape index (κ3) is 7.00. The Morgan fingerprint density at radius 2 is 1.96 bits per heavy atom. The van der Waals surface area contributed by atoms with Gasteiger partial charge in [0.05, 0.1) is 18.8 Å². The van der Waals surface area contributed by atoms with Crippen molar-refractivity contribution in [3.63, 3.8) is 0 Å². The molecule has 0 amide bonds. The number of hydrogen-bond acceptors (Lipinski definition) is 4. The first-order valence-electron chi connectivity index (χ1n) is 10.9. The monoisotopic (exact) mass is 408 g/mol. The van der Waals surface area contributed by atoms with Gasteiger partial charge in [-0.25, -0.2) is 0 Å². The zero-order chi connectivity index (χ0) is 19.8. The molecular weight excluding hydrogens is 372 g/mol. The molecule has 0 saturated carbocycles. The lowest BCUT2D eigenvalue weighted by molar-refractivity contribution is -0.0830. The average molecular weight is 409 g/mol. The van der Waals surface area contributed by atoms with Gasteiger partial charge in [0.2, 0.25) is 0 Å². The molecular formula is C23H37ClN2O2. The first-order valence-corrected chi connectivity index (χ1v) is 11.3. The molecule has 2 saturated heterocycles. The fraction of sp³-hybridized carbons (Fsp3) is 0.739. The standard InChI is InChI=1S/C23H37ClN2O2/c1-23(2)18-21(8-14-28-23)19(17-20-5-3-4-6-22(20)24)7-9-25-10-11-26-12-15-27-16-13-26/h3-6,19,21,25H,7-18H2,1-2H3/t19-,21+/m1/s1. The number of halogens is 1. The van der Waals surface area contributed by atoms with Crippen LogP contribution in [-0.4, -0.2) is 63.0 Å². The van der Waals surface area contributed by atoms with Crippen LogP contribution in [0, 0.1) is 11.8 Å². The number of hydrogen-bond donors (Lipinski definition) is 1. The minimum atomic E-state index is -0.00852. The highest BCUT2D eigenvalue weighted by molar-refractivity contribution is 6.31. The number of rotatable bonds is 9. The zero-order valence-corrected chi connectivity index (χ0v) is 18.3.